The first-order valence-electron chi connectivity index (χ1n) is 5.57. The Morgan fingerprint density at radius 1 is 1.31 bits per heavy atom. The zero-order valence-corrected chi connectivity index (χ0v) is 10.6. The smallest absolute Gasteiger partial charge is 0.234 e. The number of nitrogens with zero attached hydrogens (tertiary/aromatic N) is 1. The zero-order chi connectivity index (χ0) is 12.1. The van der Waals surface area contributed by atoms with E-state index in [0.717, 1.165) is 0 Å². The van der Waals surface area contributed by atoms with E-state index >= 15 is 0 Å². The van der Waals surface area contributed by atoms with Gasteiger partial charge in [0.05, 0.1) is 4.75 Å². The SMILES string of the molecule is CC(C)(C)S(=O)/N=C/C1C[C@@H]2[C@H](C1)C2(F)F. The molecule has 0 aromatic rings. The van der Waals surface area contributed by atoms with Crippen molar-refractivity contribution in [3.05, 3.63) is 0 Å². The van der Waals surface area contributed by atoms with Gasteiger partial charge in [-0.1, -0.05) is 0 Å². The Bertz CT molecular complexity index is 334. The van der Waals surface area contributed by atoms with Crippen LogP contribution in [0.2, 0.25) is 0 Å². The van der Waals surface area contributed by atoms with Crippen LogP contribution >= 0.6 is 0 Å². The van der Waals surface area contributed by atoms with Crippen molar-refractivity contribution in [1.82, 2.24) is 0 Å². The average molecular weight is 249 g/mol. The highest BCUT2D eigenvalue weighted by Gasteiger charge is 2.71. The quantitative estimate of drug-likeness (QED) is 0.692. The second-order valence-electron chi connectivity index (χ2n) is 5.74. The molecule has 0 bridgehead atoms. The third-order valence-corrected chi connectivity index (χ3v) is 4.73. The topological polar surface area (TPSA) is 29.4 Å². The maximum atomic E-state index is 12.9. The summed E-state index contributed by atoms with van der Waals surface area (Å²) in [6, 6.07) is 0. The predicted molar refractivity (Wildman–Crippen MR) is 61.0 cm³/mol. The molecule has 0 heterocycles. The fourth-order valence-corrected chi connectivity index (χ4v) is 2.87. The van der Waals surface area contributed by atoms with Crippen LogP contribution in [-0.2, 0) is 11.0 Å². The number of rotatable bonds is 2. The van der Waals surface area contributed by atoms with Crippen LogP contribution in [0.15, 0.2) is 4.40 Å². The standard InChI is InChI=1S/C11H17F2NOS/c1-10(2,3)16(15)14-6-7-4-8-9(5-7)11(8,12)13/h6-9H,4-5H2,1-3H3/b14-6+/t7?,8-,9+,16?. The molecule has 16 heavy (non-hydrogen) atoms. The fourth-order valence-electron chi connectivity index (χ4n) is 2.27. The third-order valence-electron chi connectivity index (χ3n) is 3.37. The van der Waals surface area contributed by atoms with Gasteiger partial charge < -0.3 is 0 Å². The first kappa shape index (κ1) is 12.1. The highest BCUT2D eigenvalue weighted by atomic mass is 32.2. The molecule has 0 amide bonds. The van der Waals surface area contributed by atoms with E-state index in [1.165, 1.54) is 0 Å². The van der Waals surface area contributed by atoms with E-state index in [9.17, 15) is 13.0 Å². The molecule has 2 fully saturated rings. The molecule has 92 valence electrons. The van der Waals surface area contributed by atoms with Crippen molar-refractivity contribution in [2.45, 2.75) is 44.3 Å². The summed E-state index contributed by atoms with van der Waals surface area (Å²) in [6.07, 6.45) is 2.63. The van der Waals surface area contributed by atoms with Crippen molar-refractivity contribution in [2.75, 3.05) is 0 Å². The van der Waals surface area contributed by atoms with Gasteiger partial charge >= 0.3 is 0 Å². The van der Waals surface area contributed by atoms with E-state index in [1.54, 1.807) is 6.21 Å². The lowest BCUT2D eigenvalue weighted by Gasteiger charge is -2.14. The monoisotopic (exact) mass is 249 g/mol. The molecule has 0 aliphatic heterocycles. The average Bonchev–Trinajstić information content (AvgIpc) is 2.57. The molecule has 0 spiro atoms. The maximum Gasteiger partial charge on any atom is 0.254 e. The van der Waals surface area contributed by atoms with E-state index in [-0.39, 0.29) is 10.7 Å². The van der Waals surface area contributed by atoms with Crippen molar-refractivity contribution >= 4 is 17.2 Å². The van der Waals surface area contributed by atoms with Gasteiger partial charge in [0.1, 0.15) is 11.0 Å². The molecule has 4 atom stereocenters. The first-order chi connectivity index (χ1) is 7.23. The molecule has 2 aliphatic carbocycles. The molecule has 0 N–H and O–H groups in total. The molecule has 0 aromatic heterocycles. The molecule has 2 aliphatic rings. The lowest BCUT2D eigenvalue weighted by atomic mass is 10.0. The van der Waals surface area contributed by atoms with Gasteiger partial charge in [0.2, 0.25) is 0 Å². The van der Waals surface area contributed by atoms with E-state index in [2.05, 4.69) is 4.40 Å². The molecular weight excluding hydrogens is 232 g/mol. The summed E-state index contributed by atoms with van der Waals surface area (Å²) in [6.45, 7) is 5.54. The largest absolute Gasteiger partial charge is 0.254 e. The summed E-state index contributed by atoms with van der Waals surface area (Å²) in [5.41, 5.74) is 0. The summed E-state index contributed by atoms with van der Waals surface area (Å²) >= 11 is 0. The van der Waals surface area contributed by atoms with Gasteiger partial charge in [0.15, 0.2) is 0 Å². The minimum Gasteiger partial charge on any atom is -0.234 e. The molecule has 2 saturated carbocycles. The first-order valence-corrected chi connectivity index (χ1v) is 6.67. The van der Waals surface area contributed by atoms with Crippen LogP contribution in [0.1, 0.15) is 33.6 Å². The van der Waals surface area contributed by atoms with Crippen molar-refractivity contribution in [3.8, 4) is 0 Å². The van der Waals surface area contributed by atoms with E-state index in [4.69, 9.17) is 0 Å². The minimum atomic E-state index is -2.42. The summed E-state index contributed by atoms with van der Waals surface area (Å²) < 4.78 is 41.0. The van der Waals surface area contributed by atoms with Crippen LogP contribution in [0.5, 0.6) is 0 Å². The Morgan fingerprint density at radius 2 is 1.81 bits per heavy atom. The Morgan fingerprint density at radius 3 is 2.25 bits per heavy atom. The molecule has 5 heteroatoms. The van der Waals surface area contributed by atoms with Gasteiger partial charge in [0, 0.05) is 18.1 Å². The Labute approximate surface area is 97.1 Å². The molecule has 0 saturated heterocycles. The van der Waals surface area contributed by atoms with E-state index in [0.29, 0.717) is 12.8 Å². The maximum absolute atomic E-state index is 12.9. The lowest BCUT2D eigenvalue weighted by molar-refractivity contribution is 0.0691. The summed E-state index contributed by atoms with van der Waals surface area (Å²) in [5.74, 6) is -3.20. The van der Waals surface area contributed by atoms with E-state index in [1.807, 2.05) is 20.8 Å². The van der Waals surface area contributed by atoms with Crippen LogP contribution < -0.4 is 0 Å². The molecule has 2 unspecified atom stereocenters. The summed E-state index contributed by atoms with van der Waals surface area (Å²) in [5, 5.41) is 0. The van der Waals surface area contributed by atoms with Crippen LogP contribution in [0, 0.1) is 17.8 Å². The van der Waals surface area contributed by atoms with Crippen molar-refractivity contribution in [1.29, 1.82) is 0 Å². The second kappa shape index (κ2) is 3.59. The van der Waals surface area contributed by atoms with Crippen molar-refractivity contribution in [3.63, 3.8) is 0 Å². The number of hydrogen-bond donors (Lipinski definition) is 0. The van der Waals surface area contributed by atoms with Crippen molar-refractivity contribution in [2.24, 2.45) is 22.2 Å². The van der Waals surface area contributed by atoms with Crippen LogP contribution in [0.4, 0.5) is 8.78 Å². The van der Waals surface area contributed by atoms with Crippen LogP contribution in [-0.4, -0.2) is 21.1 Å². The molecular formula is C11H17F2NOS. The predicted octanol–water partition coefficient (Wildman–Crippen LogP) is 2.81. The van der Waals surface area contributed by atoms with Crippen molar-refractivity contribution < 1.29 is 13.0 Å². The number of halogens is 2. The number of alkyl halides is 2. The van der Waals surface area contributed by atoms with Crippen LogP contribution in [0.25, 0.3) is 0 Å². The van der Waals surface area contributed by atoms with Gasteiger partial charge in [-0.2, -0.15) is 4.40 Å². The van der Waals surface area contributed by atoms with Gasteiger partial charge in [-0.25, -0.2) is 13.0 Å². The minimum absolute atomic E-state index is 0.0981. The lowest BCUT2D eigenvalue weighted by Crippen LogP contribution is -2.20. The fraction of sp³-hybridized carbons (Fsp3) is 0.909. The normalized spacial score (nSPS) is 38.7. The van der Waals surface area contributed by atoms with Crippen LogP contribution in [0.3, 0.4) is 0 Å². The van der Waals surface area contributed by atoms with E-state index < -0.39 is 28.7 Å². The highest BCUT2D eigenvalue weighted by molar-refractivity contribution is 7.85. The van der Waals surface area contributed by atoms with Gasteiger partial charge in [-0.3, -0.25) is 0 Å². The number of fused-ring (bicyclic) bond motifs is 1. The van der Waals surface area contributed by atoms with Gasteiger partial charge in [-0.05, 0) is 39.5 Å². The Kier molecular flexibility index (Phi) is 2.72. The number of hydrogen-bond acceptors (Lipinski definition) is 1. The molecule has 2 nitrogen and oxygen atoms in total. The summed E-state index contributed by atoms with van der Waals surface area (Å²) in [4.78, 5) is 0. The Balaban J connectivity index is 1.86. The third kappa shape index (κ3) is 2.06. The second-order valence-corrected chi connectivity index (χ2v) is 7.67. The molecule has 2 rings (SSSR count). The summed E-state index contributed by atoms with van der Waals surface area (Å²) in [7, 11) is -1.27. The molecule has 0 aromatic carbocycles. The molecule has 0 radical (unpaired) electrons. The zero-order valence-electron chi connectivity index (χ0n) is 9.74. The van der Waals surface area contributed by atoms with Gasteiger partial charge in [-0.15, -0.1) is 0 Å². The highest BCUT2D eigenvalue weighted by Crippen LogP contribution is 2.65. The van der Waals surface area contributed by atoms with Gasteiger partial charge in [0.25, 0.3) is 5.92 Å². The Hall–Kier alpha value is -0.320.